The van der Waals surface area contributed by atoms with Crippen LogP contribution in [0.5, 0.6) is 5.75 Å². The summed E-state index contributed by atoms with van der Waals surface area (Å²) in [5.74, 6) is -4.56. The zero-order valence-corrected chi connectivity index (χ0v) is 19.0. The second kappa shape index (κ2) is 7.93. The van der Waals surface area contributed by atoms with E-state index in [0.29, 0.717) is 12.1 Å². The first kappa shape index (κ1) is 24.4. The van der Waals surface area contributed by atoms with E-state index < -0.39 is 78.1 Å². The summed E-state index contributed by atoms with van der Waals surface area (Å²) in [6.45, 7) is 1.05. The number of carbonyl (C=O) groups excluding carboxylic acids is 1. The van der Waals surface area contributed by atoms with Crippen LogP contribution in [-0.4, -0.2) is 28.1 Å². The van der Waals surface area contributed by atoms with Gasteiger partial charge in [-0.1, -0.05) is 6.42 Å². The number of fused-ring (bicyclic) bond motifs is 3. The maximum atomic E-state index is 15.3. The topological polar surface area (TPSA) is 69.7 Å². The monoisotopic (exact) mass is 504 g/mol. The highest BCUT2D eigenvalue weighted by molar-refractivity contribution is 7.92. The molecule has 3 atom stereocenters. The van der Waals surface area contributed by atoms with Crippen LogP contribution in [0.15, 0.2) is 41.3 Å². The number of rotatable bonds is 3. The van der Waals surface area contributed by atoms with Crippen molar-refractivity contribution in [2.75, 3.05) is 13.7 Å². The first-order valence-corrected chi connectivity index (χ1v) is 11.9. The molecule has 0 amide bonds. The van der Waals surface area contributed by atoms with E-state index in [1.807, 2.05) is 0 Å². The van der Waals surface area contributed by atoms with Crippen LogP contribution in [0.2, 0.25) is 0 Å². The Labute approximate surface area is 192 Å². The largest absolute Gasteiger partial charge is 0.490 e. The number of esters is 1. The maximum Gasteiger partial charge on any atom is 0.416 e. The molecule has 0 bridgehead atoms. The van der Waals surface area contributed by atoms with E-state index in [0.717, 1.165) is 31.4 Å². The Bertz CT molecular complexity index is 1240. The highest BCUT2D eigenvalue weighted by Crippen LogP contribution is 2.61. The van der Waals surface area contributed by atoms with Crippen molar-refractivity contribution in [3.8, 4) is 5.75 Å². The zero-order chi connectivity index (χ0) is 25.1. The van der Waals surface area contributed by atoms with E-state index in [1.54, 1.807) is 0 Å². The number of halogens is 5. The summed E-state index contributed by atoms with van der Waals surface area (Å²) >= 11 is 0. The summed E-state index contributed by atoms with van der Waals surface area (Å²) in [5, 5.41) is 0. The normalized spacial score (nSPS) is 26.7. The van der Waals surface area contributed by atoms with Gasteiger partial charge in [-0.25, -0.2) is 17.2 Å². The predicted molar refractivity (Wildman–Crippen MR) is 110 cm³/mol. The number of ether oxygens (including phenoxy) is 2. The molecule has 2 aliphatic rings. The Morgan fingerprint density at radius 1 is 1.06 bits per heavy atom. The van der Waals surface area contributed by atoms with Crippen molar-refractivity contribution in [2.45, 2.75) is 42.0 Å². The summed E-state index contributed by atoms with van der Waals surface area (Å²) in [6.07, 6.45) is -4.55. The van der Waals surface area contributed by atoms with E-state index in [-0.39, 0.29) is 19.3 Å². The molecule has 0 saturated heterocycles. The minimum atomic E-state index is -4.70. The number of carbonyl (C=O) groups is 1. The molecule has 0 aromatic heterocycles. The Hall–Kier alpha value is -2.69. The maximum absolute atomic E-state index is 15.3. The Morgan fingerprint density at radius 3 is 2.26 bits per heavy atom. The van der Waals surface area contributed by atoms with Crippen LogP contribution in [0.1, 0.15) is 37.3 Å². The molecule has 0 N–H and O–H groups in total. The van der Waals surface area contributed by atoms with Gasteiger partial charge in [0.1, 0.15) is 10.6 Å². The molecule has 2 aromatic rings. The third-order valence-corrected chi connectivity index (χ3v) is 9.62. The number of methoxy groups -OCH3 is 1. The van der Waals surface area contributed by atoms with Gasteiger partial charge in [-0.05, 0) is 56.2 Å². The zero-order valence-electron chi connectivity index (χ0n) is 18.2. The van der Waals surface area contributed by atoms with Gasteiger partial charge < -0.3 is 9.47 Å². The van der Waals surface area contributed by atoms with Crippen LogP contribution in [-0.2, 0) is 30.3 Å². The van der Waals surface area contributed by atoms with Gasteiger partial charge in [-0.2, -0.15) is 13.2 Å². The Morgan fingerprint density at radius 2 is 1.68 bits per heavy atom. The predicted octanol–water partition coefficient (Wildman–Crippen LogP) is 5.02. The molecule has 0 radical (unpaired) electrons. The number of alkyl halides is 3. The van der Waals surface area contributed by atoms with Gasteiger partial charge in [0.2, 0.25) is 0 Å². The van der Waals surface area contributed by atoms with Gasteiger partial charge in [0.05, 0.1) is 35.2 Å². The average Bonchev–Trinajstić information content (AvgIpc) is 2.80. The van der Waals surface area contributed by atoms with E-state index >= 15 is 4.39 Å². The van der Waals surface area contributed by atoms with Gasteiger partial charge >= 0.3 is 12.1 Å². The summed E-state index contributed by atoms with van der Waals surface area (Å²) < 4.78 is 106. The van der Waals surface area contributed by atoms with E-state index in [2.05, 4.69) is 0 Å². The lowest BCUT2D eigenvalue weighted by atomic mass is 9.59. The van der Waals surface area contributed by atoms with Crippen LogP contribution in [0, 0.1) is 23.0 Å². The van der Waals surface area contributed by atoms with Crippen molar-refractivity contribution < 1.29 is 44.6 Å². The second-order valence-electron chi connectivity index (χ2n) is 8.77. The lowest BCUT2D eigenvalue weighted by Gasteiger charge is -2.53. The van der Waals surface area contributed by atoms with Gasteiger partial charge in [-0.15, -0.1) is 0 Å². The van der Waals surface area contributed by atoms with Crippen LogP contribution in [0.3, 0.4) is 0 Å². The van der Waals surface area contributed by atoms with E-state index in [4.69, 9.17) is 9.47 Å². The third kappa shape index (κ3) is 3.30. The minimum Gasteiger partial charge on any atom is -0.490 e. The average molecular weight is 504 g/mol. The third-order valence-electron chi connectivity index (χ3n) is 7.08. The number of sulfone groups is 1. The SMILES string of the molecule is COC(=O)[C@@]1(C)CCC[C@@]2(S(=O)(=O)c3ccc(C(F)(F)F)cc3)c3c(F)ccc(F)c3OC[C@@H]12. The number of benzene rings is 2. The molecule has 5 nitrogen and oxygen atoms in total. The molecule has 1 aliphatic heterocycles. The molecular formula is C23H21F5O5S. The molecular weight excluding hydrogens is 483 g/mol. The van der Waals surface area contributed by atoms with E-state index in [9.17, 15) is 30.8 Å². The van der Waals surface area contributed by atoms with Crippen LogP contribution < -0.4 is 4.74 Å². The molecule has 1 aliphatic carbocycles. The molecule has 1 fully saturated rings. The van der Waals surface area contributed by atoms with Crippen LogP contribution in [0.25, 0.3) is 0 Å². The molecule has 0 spiro atoms. The summed E-state index contributed by atoms with van der Waals surface area (Å²) in [6, 6.07) is 4.39. The van der Waals surface area contributed by atoms with E-state index in [1.165, 1.54) is 6.92 Å². The molecule has 34 heavy (non-hydrogen) atoms. The molecule has 0 unspecified atom stereocenters. The molecule has 4 rings (SSSR count). The standard InChI is InChI=1S/C23H21F5O5S/c1-21(20(29)32-2)10-3-11-22(17(21)12-33-19-16(25)9-8-15(24)18(19)22)34(30,31)14-6-4-13(5-7-14)23(26,27)28/h4-9,17H,3,10-12H2,1-2H3/t17-,21-,22-/m0/s1. The minimum absolute atomic E-state index is 0.136. The van der Waals surface area contributed by atoms with Crippen molar-refractivity contribution in [1.29, 1.82) is 0 Å². The van der Waals surface area contributed by atoms with Gasteiger partial charge in [0, 0.05) is 5.92 Å². The number of hydrogen-bond donors (Lipinski definition) is 0. The Balaban J connectivity index is 2.02. The smallest absolute Gasteiger partial charge is 0.416 e. The summed E-state index contributed by atoms with van der Waals surface area (Å²) in [4.78, 5) is 12.3. The van der Waals surface area contributed by atoms with Crippen molar-refractivity contribution in [3.63, 3.8) is 0 Å². The van der Waals surface area contributed by atoms with Crippen LogP contribution in [0.4, 0.5) is 22.0 Å². The molecule has 1 saturated carbocycles. The van der Waals surface area contributed by atoms with Gasteiger partial charge in [-0.3, -0.25) is 4.79 Å². The quantitative estimate of drug-likeness (QED) is 0.434. The van der Waals surface area contributed by atoms with Crippen molar-refractivity contribution in [2.24, 2.45) is 11.3 Å². The van der Waals surface area contributed by atoms with Crippen LogP contribution >= 0.6 is 0 Å². The Kier molecular flexibility index (Phi) is 5.70. The first-order chi connectivity index (χ1) is 15.8. The number of hydrogen-bond acceptors (Lipinski definition) is 5. The molecule has 2 aromatic carbocycles. The lowest BCUT2D eigenvalue weighted by molar-refractivity contribution is -0.161. The lowest BCUT2D eigenvalue weighted by Crippen LogP contribution is -2.59. The van der Waals surface area contributed by atoms with Gasteiger partial charge in [0.15, 0.2) is 21.4 Å². The first-order valence-electron chi connectivity index (χ1n) is 10.4. The van der Waals surface area contributed by atoms with Crippen molar-refractivity contribution >= 4 is 15.8 Å². The van der Waals surface area contributed by atoms with Crippen molar-refractivity contribution in [3.05, 3.63) is 59.2 Å². The molecule has 1 heterocycles. The second-order valence-corrected chi connectivity index (χ2v) is 11.0. The van der Waals surface area contributed by atoms with Gasteiger partial charge in [0.25, 0.3) is 0 Å². The summed E-state index contributed by atoms with van der Waals surface area (Å²) in [5.41, 5.74) is -3.06. The fourth-order valence-corrected chi connectivity index (χ4v) is 7.89. The highest BCUT2D eigenvalue weighted by Gasteiger charge is 2.66. The molecule has 184 valence electrons. The van der Waals surface area contributed by atoms with Crippen molar-refractivity contribution in [1.82, 2.24) is 0 Å². The summed E-state index contributed by atoms with van der Waals surface area (Å²) in [7, 11) is -3.54. The highest BCUT2D eigenvalue weighted by atomic mass is 32.2. The fourth-order valence-electron chi connectivity index (χ4n) is 5.40. The molecule has 11 heteroatoms. The fraction of sp³-hybridized carbons (Fsp3) is 0.435.